The van der Waals surface area contributed by atoms with Crippen LogP contribution in [0.15, 0.2) is 55.3 Å². The molecule has 3 aromatic rings. The van der Waals surface area contributed by atoms with E-state index in [9.17, 15) is 9.59 Å². The highest BCUT2D eigenvalue weighted by atomic mass is 79.9. The number of anilines is 1. The van der Waals surface area contributed by atoms with Crippen LogP contribution in [0, 0.1) is 0 Å². The molecule has 0 radical (unpaired) electrons. The van der Waals surface area contributed by atoms with Gasteiger partial charge in [-0.25, -0.2) is 4.90 Å². The molecule has 0 unspecified atom stereocenters. The Labute approximate surface area is 206 Å². The maximum absolute atomic E-state index is 13.3. The normalized spacial score (nSPS) is 14.7. The fourth-order valence-corrected chi connectivity index (χ4v) is 5.59. The molecule has 0 spiro atoms. The van der Waals surface area contributed by atoms with E-state index >= 15 is 0 Å². The van der Waals surface area contributed by atoms with Crippen LogP contribution in [-0.2, 0) is 4.79 Å². The van der Waals surface area contributed by atoms with E-state index in [1.165, 1.54) is 11.8 Å². The third-order valence-electron chi connectivity index (χ3n) is 5.13. The summed E-state index contributed by atoms with van der Waals surface area (Å²) >= 11 is 8.49. The molecule has 1 aliphatic heterocycles. The molecule has 7 nitrogen and oxygen atoms in total. The molecule has 1 amide bonds. The molecule has 0 saturated heterocycles. The standard InChI is InChI=1S/C22H20Br2N4O3S/c1-4-17(29)27-16-9-7-6-8-13(16)18-20(30)25-22(32-3)26-28(18)21(27)14-10-12(23)11-15(24)19(14)31-5-2/h6-11,21H,4-5H2,1-3H3/p+1/t21-/m1/s1. The molecule has 10 heteroatoms. The third-order valence-corrected chi connectivity index (χ3v) is 6.74. The number of carbonyl (C=O) groups is 1. The summed E-state index contributed by atoms with van der Waals surface area (Å²) in [6.45, 7) is 4.16. The van der Waals surface area contributed by atoms with E-state index in [0.717, 1.165) is 8.95 Å². The van der Waals surface area contributed by atoms with Crippen molar-refractivity contribution >= 4 is 55.2 Å². The molecule has 1 aliphatic rings. The summed E-state index contributed by atoms with van der Waals surface area (Å²) in [5, 5.41) is 5.18. The summed E-state index contributed by atoms with van der Waals surface area (Å²) < 4.78 is 9.17. The minimum atomic E-state index is -0.712. The Hall–Kier alpha value is -2.17. The van der Waals surface area contributed by atoms with Crippen LogP contribution in [-0.4, -0.2) is 28.9 Å². The molecule has 32 heavy (non-hydrogen) atoms. The monoisotopic (exact) mass is 579 g/mol. The Bertz CT molecular complexity index is 1260. The first-order valence-corrected chi connectivity index (χ1v) is 12.9. The number of thioether (sulfide) groups is 1. The molecule has 1 N–H and O–H groups in total. The van der Waals surface area contributed by atoms with E-state index in [2.05, 4.69) is 36.8 Å². The van der Waals surface area contributed by atoms with E-state index in [-0.39, 0.29) is 11.5 Å². The summed E-state index contributed by atoms with van der Waals surface area (Å²) in [6, 6.07) is 11.2. The first-order chi connectivity index (χ1) is 15.4. The predicted molar refractivity (Wildman–Crippen MR) is 131 cm³/mol. The lowest BCUT2D eigenvalue weighted by Gasteiger charge is -2.32. The maximum atomic E-state index is 13.3. The van der Waals surface area contributed by atoms with Gasteiger partial charge in [0.05, 0.1) is 27.9 Å². The van der Waals surface area contributed by atoms with Crippen molar-refractivity contribution in [3.05, 3.63) is 61.3 Å². The van der Waals surface area contributed by atoms with Crippen molar-refractivity contribution in [1.29, 1.82) is 0 Å². The molecule has 0 bridgehead atoms. The molecule has 1 aromatic heterocycles. The number of para-hydroxylation sites is 1. The topological polar surface area (TPSA) is 79.2 Å². The van der Waals surface area contributed by atoms with Crippen molar-refractivity contribution in [2.75, 3.05) is 17.8 Å². The van der Waals surface area contributed by atoms with Gasteiger partial charge in [0.25, 0.3) is 6.17 Å². The Morgan fingerprint density at radius 2 is 2.03 bits per heavy atom. The van der Waals surface area contributed by atoms with Crippen molar-refractivity contribution in [3.8, 4) is 17.0 Å². The average molecular weight is 581 g/mol. The maximum Gasteiger partial charge on any atom is 0.325 e. The minimum Gasteiger partial charge on any atom is -0.492 e. The van der Waals surface area contributed by atoms with Gasteiger partial charge in [-0.2, -0.15) is 0 Å². The van der Waals surface area contributed by atoms with Crippen LogP contribution in [0.2, 0.25) is 0 Å². The number of nitrogens with zero attached hydrogens (tertiary/aromatic N) is 3. The summed E-state index contributed by atoms with van der Waals surface area (Å²) in [7, 11) is 0. The van der Waals surface area contributed by atoms with Crippen LogP contribution in [0.25, 0.3) is 11.3 Å². The van der Waals surface area contributed by atoms with Gasteiger partial charge < -0.3 is 4.74 Å². The molecule has 2 aromatic carbocycles. The molecule has 0 saturated carbocycles. The molecule has 166 valence electrons. The third kappa shape index (κ3) is 3.88. The highest BCUT2D eigenvalue weighted by Crippen LogP contribution is 2.43. The van der Waals surface area contributed by atoms with Gasteiger partial charge in [0.15, 0.2) is 0 Å². The van der Waals surface area contributed by atoms with Crippen molar-refractivity contribution in [2.24, 2.45) is 0 Å². The van der Waals surface area contributed by atoms with E-state index in [1.54, 1.807) is 9.58 Å². The van der Waals surface area contributed by atoms with Crippen molar-refractivity contribution in [2.45, 2.75) is 31.6 Å². The Kier molecular flexibility index (Phi) is 6.73. The summed E-state index contributed by atoms with van der Waals surface area (Å²) in [6.07, 6.45) is 1.42. The van der Waals surface area contributed by atoms with Crippen LogP contribution in [0.1, 0.15) is 32.0 Å². The van der Waals surface area contributed by atoms with Crippen molar-refractivity contribution in [1.82, 2.24) is 10.1 Å². The molecule has 0 fully saturated rings. The van der Waals surface area contributed by atoms with E-state index < -0.39 is 6.17 Å². The van der Waals surface area contributed by atoms with Gasteiger partial charge in [0, 0.05) is 16.0 Å². The second kappa shape index (κ2) is 9.36. The highest BCUT2D eigenvalue weighted by molar-refractivity contribution is 9.11. The van der Waals surface area contributed by atoms with Crippen molar-refractivity contribution < 1.29 is 14.2 Å². The second-order valence-corrected chi connectivity index (χ2v) is 9.57. The fourth-order valence-electron chi connectivity index (χ4n) is 3.85. The number of rotatable bonds is 5. The van der Waals surface area contributed by atoms with Gasteiger partial charge in [0.2, 0.25) is 11.1 Å². The van der Waals surface area contributed by atoms with Gasteiger partial charge in [-0.15, -0.1) is 0 Å². The lowest BCUT2D eigenvalue weighted by atomic mass is 10.0. The van der Waals surface area contributed by atoms with E-state index in [0.29, 0.717) is 46.4 Å². The van der Waals surface area contributed by atoms with Crippen LogP contribution >= 0.6 is 43.6 Å². The summed E-state index contributed by atoms with van der Waals surface area (Å²) in [5.41, 5.74) is 2.14. The number of benzene rings is 2. The van der Waals surface area contributed by atoms with Gasteiger partial charge in [0.1, 0.15) is 5.75 Å². The van der Waals surface area contributed by atoms with Gasteiger partial charge in [-0.3, -0.25) is 14.6 Å². The lowest BCUT2D eigenvalue weighted by molar-refractivity contribution is -0.763. The highest BCUT2D eigenvalue weighted by Gasteiger charge is 2.47. The van der Waals surface area contributed by atoms with Gasteiger partial charge in [-0.1, -0.05) is 46.7 Å². The van der Waals surface area contributed by atoms with Gasteiger partial charge >= 0.3 is 11.3 Å². The van der Waals surface area contributed by atoms with E-state index in [4.69, 9.17) is 9.84 Å². The van der Waals surface area contributed by atoms with Gasteiger partial charge in [-0.05, 0) is 58.1 Å². The summed E-state index contributed by atoms with van der Waals surface area (Å²) in [5.74, 6) is 0.507. The lowest BCUT2D eigenvalue weighted by Crippen LogP contribution is -2.61. The number of halogens is 2. The first kappa shape index (κ1) is 23.0. The zero-order valence-electron chi connectivity index (χ0n) is 17.7. The number of fused-ring (bicyclic) bond motifs is 3. The SMILES string of the molecule is CCOc1c(Br)cc(Br)cc1[C@@H]1N(C(=O)CC)c2ccccc2-c2c(=O)[nH]c(SC)n[n+]21. The molecular weight excluding hydrogens is 560 g/mol. The van der Waals surface area contributed by atoms with Crippen LogP contribution < -0.4 is 19.9 Å². The number of aromatic nitrogens is 3. The minimum absolute atomic E-state index is 0.0908. The zero-order chi connectivity index (χ0) is 23.0. The summed E-state index contributed by atoms with van der Waals surface area (Å²) in [4.78, 5) is 31.1. The number of amides is 1. The molecule has 0 aliphatic carbocycles. The molecular formula is C22H21Br2N4O3S+. The Balaban J connectivity index is 2.14. The van der Waals surface area contributed by atoms with Crippen LogP contribution in [0.5, 0.6) is 5.75 Å². The van der Waals surface area contributed by atoms with Crippen LogP contribution in [0.4, 0.5) is 5.69 Å². The molecule has 1 atom stereocenters. The quantitative estimate of drug-likeness (QED) is 0.350. The number of ether oxygens (including phenoxy) is 1. The first-order valence-electron chi connectivity index (χ1n) is 10.0. The number of carbonyl (C=O) groups excluding carboxylic acids is 1. The predicted octanol–water partition coefficient (Wildman–Crippen LogP) is 4.67. The number of H-pyrrole nitrogens is 1. The number of hydrogen-bond acceptors (Lipinski definition) is 5. The Morgan fingerprint density at radius 1 is 1.28 bits per heavy atom. The Morgan fingerprint density at radius 3 is 2.72 bits per heavy atom. The van der Waals surface area contributed by atoms with E-state index in [1.807, 2.05) is 56.5 Å². The number of nitrogens with one attached hydrogen (secondary N) is 1. The van der Waals surface area contributed by atoms with Crippen molar-refractivity contribution in [3.63, 3.8) is 0 Å². The number of aromatic amines is 1. The number of hydrogen-bond donors (Lipinski definition) is 1. The smallest absolute Gasteiger partial charge is 0.325 e. The average Bonchev–Trinajstić information content (AvgIpc) is 2.78. The molecule has 4 rings (SSSR count). The zero-order valence-corrected chi connectivity index (χ0v) is 21.7. The van der Waals surface area contributed by atoms with Crippen LogP contribution in [0.3, 0.4) is 0 Å². The second-order valence-electron chi connectivity index (χ2n) is 7.00. The largest absolute Gasteiger partial charge is 0.492 e. The molecule has 2 heterocycles. The fraction of sp³-hybridized carbons (Fsp3) is 0.273.